The minimum absolute atomic E-state index is 0.0362. The van der Waals surface area contributed by atoms with Crippen LogP contribution < -0.4 is 10.6 Å². The van der Waals surface area contributed by atoms with Gasteiger partial charge >= 0.3 is 6.03 Å². The summed E-state index contributed by atoms with van der Waals surface area (Å²) in [6.45, 7) is 4.98. The van der Waals surface area contributed by atoms with Crippen molar-refractivity contribution in [3.8, 4) is 0 Å². The van der Waals surface area contributed by atoms with E-state index in [9.17, 15) is 9.59 Å². The van der Waals surface area contributed by atoms with E-state index in [2.05, 4.69) is 10.6 Å². The zero-order valence-corrected chi connectivity index (χ0v) is 12.6. The van der Waals surface area contributed by atoms with Crippen molar-refractivity contribution in [2.45, 2.75) is 38.1 Å². The summed E-state index contributed by atoms with van der Waals surface area (Å²) in [6.07, 6.45) is 5.06. The molecule has 2 N–H and O–H groups in total. The maximum absolute atomic E-state index is 12.4. The topological polar surface area (TPSA) is 64.7 Å². The fourth-order valence-electron chi connectivity index (χ4n) is 3.57. The average molecular weight is 294 g/mol. The van der Waals surface area contributed by atoms with Crippen LogP contribution in [0, 0.1) is 5.92 Å². The van der Waals surface area contributed by atoms with Crippen LogP contribution in [0.1, 0.15) is 32.1 Å². The highest BCUT2D eigenvalue weighted by atomic mass is 16.2. The van der Waals surface area contributed by atoms with Crippen LogP contribution in [0.3, 0.4) is 0 Å². The van der Waals surface area contributed by atoms with Gasteiger partial charge in [0, 0.05) is 38.8 Å². The van der Waals surface area contributed by atoms with Crippen LogP contribution in [0.2, 0.25) is 0 Å². The first-order chi connectivity index (χ1) is 10.2. The summed E-state index contributed by atoms with van der Waals surface area (Å²) >= 11 is 0. The molecule has 3 fully saturated rings. The van der Waals surface area contributed by atoms with Gasteiger partial charge in [-0.25, -0.2) is 4.79 Å². The normalized spacial score (nSPS) is 29.7. The van der Waals surface area contributed by atoms with Crippen molar-refractivity contribution in [3.63, 3.8) is 0 Å². The largest absolute Gasteiger partial charge is 0.352 e. The predicted octanol–water partition coefficient (Wildman–Crippen LogP) is 0.392. The highest BCUT2D eigenvalue weighted by Crippen LogP contribution is 2.20. The molecule has 0 aromatic rings. The van der Waals surface area contributed by atoms with E-state index < -0.39 is 0 Å². The third kappa shape index (κ3) is 3.48. The van der Waals surface area contributed by atoms with Crippen LogP contribution in [0.5, 0.6) is 0 Å². The van der Waals surface area contributed by atoms with E-state index in [4.69, 9.17) is 0 Å². The Balaban J connectivity index is 1.52. The molecule has 118 valence electrons. The maximum Gasteiger partial charge on any atom is 0.320 e. The first kappa shape index (κ1) is 14.6. The number of rotatable bonds is 2. The molecule has 6 nitrogen and oxygen atoms in total. The number of hydrogen-bond acceptors (Lipinski definition) is 3. The second-order valence-corrected chi connectivity index (χ2v) is 6.46. The first-order valence-electron chi connectivity index (χ1n) is 8.29. The Morgan fingerprint density at radius 2 is 1.76 bits per heavy atom. The van der Waals surface area contributed by atoms with Crippen molar-refractivity contribution in [2.24, 2.45) is 5.92 Å². The number of amides is 3. The Bertz CT molecular complexity index is 389. The SMILES string of the molecule is O=C(NC1CCNC1)C1CCCN(C(=O)N2CCCC2)C1. The van der Waals surface area contributed by atoms with Gasteiger partial charge in [0.1, 0.15) is 0 Å². The zero-order chi connectivity index (χ0) is 14.7. The fourth-order valence-corrected chi connectivity index (χ4v) is 3.57. The van der Waals surface area contributed by atoms with E-state index in [0.29, 0.717) is 6.54 Å². The van der Waals surface area contributed by atoms with Gasteiger partial charge in [-0.15, -0.1) is 0 Å². The Morgan fingerprint density at radius 1 is 1.00 bits per heavy atom. The molecule has 0 aromatic carbocycles. The molecule has 3 heterocycles. The van der Waals surface area contributed by atoms with Crippen LogP contribution in [0.4, 0.5) is 4.79 Å². The number of piperidine rings is 1. The van der Waals surface area contributed by atoms with Crippen molar-refractivity contribution in [2.75, 3.05) is 39.3 Å². The predicted molar refractivity (Wildman–Crippen MR) is 79.9 cm³/mol. The molecule has 3 amide bonds. The average Bonchev–Trinajstić information content (AvgIpc) is 3.20. The molecule has 0 saturated carbocycles. The lowest BCUT2D eigenvalue weighted by atomic mass is 9.97. The monoisotopic (exact) mass is 294 g/mol. The Hall–Kier alpha value is -1.30. The lowest BCUT2D eigenvalue weighted by Gasteiger charge is -2.35. The molecule has 0 spiro atoms. The summed E-state index contributed by atoms with van der Waals surface area (Å²) < 4.78 is 0. The molecule has 21 heavy (non-hydrogen) atoms. The second-order valence-electron chi connectivity index (χ2n) is 6.46. The maximum atomic E-state index is 12.4. The van der Waals surface area contributed by atoms with Crippen LogP contribution in [0.15, 0.2) is 0 Å². The van der Waals surface area contributed by atoms with Gasteiger partial charge < -0.3 is 20.4 Å². The molecular formula is C15H26N4O2. The first-order valence-corrected chi connectivity index (χ1v) is 8.29. The number of carbonyl (C=O) groups is 2. The van der Waals surface area contributed by atoms with Crippen molar-refractivity contribution in [3.05, 3.63) is 0 Å². The number of nitrogens with zero attached hydrogens (tertiary/aromatic N) is 2. The number of urea groups is 1. The van der Waals surface area contributed by atoms with Gasteiger partial charge in [0.05, 0.1) is 5.92 Å². The summed E-state index contributed by atoms with van der Waals surface area (Å²) in [4.78, 5) is 28.6. The van der Waals surface area contributed by atoms with Gasteiger partial charge in [-0.3, -0.25) is 4.79 Å². The fraction of sp³-hybridized carbons (Fsp3) is 0.867. The third-order valence-corrected chi connectivity index (χ3v) is 4.85. The van der Waals surface area contributed by atoms with E-state index in [1.165, 1.54) is 0 Å². The molecule has 2 atom stereocenters. The highest BCUT2D eigenvalue weighted by Gasteiger charge is 2.32. The number of nitrogens with one attached hydrogen (secondary N) is 2. The molecule has 0 radical (unpaired) electrons. The smallest absolute Gasteiger partial charge is 0.320 e. The standard InChI is InChI=1S/C15H26N4O2/c20-14(17-13-5-6-16-10-13)12-4-3-9-19(11-12)15(21)18-7-1-2-8-18/h12-13,16H,1-11H2,(H,17,20). The lowest BCUT2D eigenvalue weighted by Crippen LogP contribution is -2.50. The lowest BCUT2D eigenvalue weighted by molar-refractivity contribution is -0.126. The molecule has 3 aliphatic heterocycles. The van der Waals surface area contributed by atoms with Crippen LogP contribution >= 0.6 is 0 Å². The van der Waals surface area contributed by atoms with E-state index in [1.807, 2.05) is 9.80 Å². The van der Waals surface area contributed by atoms with E-state index >= 15 is 0 Å². The molecular weight excluding hydrogens is 268 g/mol. The van der Waals surface area contributed by atoms with Gasteiger partial charge in [-0.05, 0) is 38.6 Å². The minimum atomic E-state index is -0.0362. The van der Waals surface area contributed by atoms with Crippen molar-refractivity contribution in [1.29, 1.82) is 0 Å². The second kappa shape index (κ2) is 6.64. The van der Waals surface area contributed by atoms with E-state index in [-0.39, 0.29) is 23.9 Å². The van der Waals surface area contributed by atoms with Crippen LogP contribution in [0.25, 0.3) is 0 Å². The van der Waals surface area contributed by atoms with Gasteiger partial charge in [0.2, 0.25) is 5.91 Å². The molecule has 3 saturated heterocycles. The quantitative estimate of drug-likeness (QED) is 0.774. The minimum Gasteiger partial charge on any atom is -0.352 e. The van der Waals surface area contributed by atoms with Gasteiger partial charge in [0.25, 0.3) is 0 Å². The summed E-state index contributed by atoms with van der Waals surface area (Å²) in [5, 5.41) is 6.38. The van der Waals surface area contributed by atoms with E-state index in [0.717, 1.165) is 64.8 Å². The summed E-state index contributed by atoms with van der Waals surface area (Å²) in [6, 6.07) is 0.398. The van der Waals surface area contributed by atoms with Crippen LogP contribution in [-0.4, -0.2) is 67.0 Å². The highest BCUT2D eigenvalue weighted by molar-refractivity contribution is 5.81. The Labute approximate surface area is 126 Å². The molecule has 3 rings (SSSR count). The zero-order valence-electron chi connectivity index (χ0n) is 12.6. The molecule has 0 aliphatic carbocycles. The van der Waals surface area contributed by atoms with Gasteiger partial charge in [-0.2, -0.15) is 0 Å². The molecule has 6 heteroatoms. The molecule has 0 bridgehead atoms. The number of carbonyl (C=O) groups excluding carboxylic acids is 2. The van der Waals surface area contributed by atoms with Gasteiger partial charge in [0.15, 0.2) is 0 Å². The molecule has 3 aliphatic rings. The molecule has 0 aromatic heterocycles. The number of hydrogen-bond donors (Lipinski definition) is 2. The Morgan fingerprint density at radius 3 is 2.48 bits per heavy atom. The molecule has 2 unspecified atom stereocenters. The third-order valence-electron chi connectivity index (χ3n) is 4.85. The van der Waals surface area contributed by atoms with E-state index in [1.54, 1.807) is 0 Å². The van der Waals surface area contributed by atoms with Crippen LogP contribution in [-0.2, 0) is 4.79 Å². The van der Waals surface area contributed by atoms with Crippen molar-refractivity contribution < 1.29 is 9.59 Å². The van der Waals surface area contributed by atoms with Crippen molar-refractivity contribution in [1.82, 2.24) is 20.4 Å². The summed E-state index contributed by atoms with van der Waals surface area (Å²) in [5.41, 5.74) is 0. The summed E-state index contributed by atoms with van der Waals surface area (Å²) in [5.74, 6) is 0.0912. The summed E-state index contributed by atoms with van der Waals surface area (Å²) in [7, 11) is 0. The number of likely N-dealkylation sites (tertiary alicyclic amines) is 2. The van der Waals surface area contributed by atoms with Crippen molar-refractivity contribution >= 4 is 11.9 Å². The Kier molecular flexibility index (Phi) is 4.63. The van der Waals surface area contributed by atoms with Gasteiger partial charge in [-0.1, -0.05) is 0 Å².